The molecule has 1 heterocycles. The van der Waals surface area contributed by atoms with Gasteiger partial charge in [-0.15, -0.1) is 0 Å². The maximum atomic E-state index is 11.7. The van der Waals surface area contributed by atoms with Crippen LogP contribution in [0.4, 0.5) is 0 Å². The highest BCUT2D eigenvalue weighted by Crippen LogP contribution is 2.20. The van der Waals surface area contributed by atoms with Gasteiger partial charge >= 0.3 is 0 Å². The van der Waals surface area contributed by atoms with Crippen LogP contribution in [0.1, 0.15) is 46.0 Å². The molecule has 1 saturated heterocycles. The quantitative estimate of drug-likeness (QED) is 0.576. The molecule has 0 aromatic rings. The lowest BCUT2D eigenvalue weighted by molar-refractivity contribution is 0.219. The van der Waals surface area contributed by atoms with E-state index in [1.807, 2.05) is 13.8 Å². The van der Waals surface area contributed by atoms with Crippen LogP contribution >= 0.6 is 0 Å². The molecule has 1 aliphatic heterocycles. The van der Waals surface area contributed by atoms with E-state index < -0.39 is 9.84 Å². The monoisotopic (exact) mass is 260 g/mol. The molecule has 0 spiro atoms. The van der Waals surface area contributed by atoms with Gasteiger partial charge in [-0.2, -0.15) is 0 Å². The minimum absolute atomic E-state index is 0.283. The first kappa shape index (κ1) is 14.6. The lowest BCUT2D eigenvalue weighted by Gasteiger charge is -2.19. The molecule has 1 aliphatic rings. The zero-order valence-corrected chi connectivity index (χ0v) is 11.8. The maximum Gasteiger partial charge on any atom is 0.150 e. The number of rotatable bonds is 4. The second kappa shape index (κ2) is 7.04. The van der Waals surface area contributed by atoms with Crippen LogP contribution in [0, 0.1) is 5.92 Å². The van der Waals surface area contributed by atoms with Crippen LogP contribution in [-0.2, 0) is 14.6 Å². The highest BCUT2D eigenvalue weighted by atomic mass is 32.2. The summed E-state index contributed by atoms with van der Waals surface area (Å²) in [5.41, 5.74) is 1.13. The van der Waals surface area contributed by atoms with Gasteiger partial charge in [0.2, 0.25) is 0 Å². The molecule has 1 unspecified atom stereocenters. The fraction of sp³-hybridized carbons (Fsp3) is 0.846. The van der Waals surface area contributed by atoms with Crippen molar-refractivity contribution in [2.75, 3.05) is 18.1 Å². The van der Waals surface area contributed by atoms with Gasteiger partial charge in [-0.3, -0.25) is 0 Å². The third-order valence-electron chi connectivity index (χ3n) is 3.02. The molecule has 1 rings (SSSR count). The number of ether oxygens (including phenoxy) is 1. The molecule has 0 aromatic heterocycles. The lowest BCUT2D eigenvalue weighted by atomic mass is 10.00. The van der Waals surface area contributed by atoms with E-state index in [0.29, 0.717) is 18.1 Å². The van der Waals surface area contributed by atoms with E-state index in [4.69, 9.17) is 4.74 Å². The minimum atomic E-state index is -2.82. The van der Waals surface area contributed by atoms with Crippen molar-refractivity contribution in [3.05, 3.63) is 11.8 Å². The zero-order valence-electron chi connectivity index (χ0n) is 10.9. The Bertz CT molecular complexity index is 340. The van der Waals surface area contributed by atoms with Crippen molar-refractivity contribution in [2.45, 2.75) is 46.0 Å². The molecule has 0 bridgehead atoms. The molecule has 1 atom stereocenters. The van der Waals surface area contributed by atoms with E-state index in [-0.39, 0.29) is 5.92 Å². The summed E-state index contributed by atoms with van der Waals surface area (Å²) in [6.45, 7) is 4.60. The summed E-state index contributed by atoms with van der Waals surface area (Å²) in [5, 5.41) is 0. The second-order valence-corrected chi connectivity index (χ2v) is 7.41. The maximum absolute atomic E-state index is 11.7. The third kappa shape index (κ3) is 6.71. The minimum Gasteiger partial charge on any atom is -0.501 e. The molecule has 0 saturated carbocycles. The molecule has 0 radical (unpaired) electrons. The molecule has 0 amide bonds. The predicted molar refractivity (Wildman–Crippen MR) is 70.6 cm³/mol. The van der Waals surface area contributed by atoms with Crippen LogP contribution in [0.5, 0.6) is 0 Å². The summed E-state index contributed by atoms with van der Waals surface area (Å²) in [6.07, 6.45) is 6.66. The second-order valence-electron chi connectivity index (χ2n) is 5.18. The normalized spacial score (nSPS) is 24.5. The van der Waals surface area contributed by atoms with E-state index in [1.54, 1.807) is 6.26 Å². The van der Waals surface area contributed by atoms with Gasteiger partial charge in [-0.05, 0) is 44.6 Å². The molecular weight excluding hydrogens is 236 g/mol. The Hall–Kier alpha value is -0.510. The average Bonchev–Trinajstić information content (AvgIpc) is 2.19. The number of allylic oxidation sites excluding steroid dienone is 1. The third-order valence-corrected chi connectivity index (χ3v) is 4.91. The molecule has 4 heteroatoms. The zero-order chi connectivity index (χ0) is 12.7. The molecular formula is C13H24O3S. The van der Waals surface area contributed by atoms with E-state index in [9.17, 15) is 8.42 Å². The van der Waals surface area contributed by atoms with Gasteiger partial charge in [-0.1, -0.05) is 12.8 Å². The van der Waals surface area contributed by atoms with Crippen LogP contribution in [0.3, 0.4) is 0 Å². The molecule has 1 fully saturated rings. The first-order valence-electron chi connectivity index (χ1n) is 6.45. The fourth-order valence-corrected chi connectivity index (χ4v) is 4.01. The van der Waals surface area contributed by atoms with Crippen LogP contribution in [0.2, 0.25) is 0 Å². The molecule has 0 aliphatic carbocycles. The van der Waals surface area contributed by atoms with Gasteiger partial charge in [-0.25, -0.2) is 8.42 Å². The van der Waals surface area contributed by atoms with Crippen molar-refractivity contribution in [2.24, 2.45) is 5.92 Å². The van der Waals surface area contributed by atoms with E-state index in [1.165, 1.54) is 0 Å². The fourth-order valence-electron chi connectivity index (χ4n) is 2.15. The Morgan fingerprint density at radius 1 is 1.29 bits per heavy atom. The summed E-state index contributed by atoms with van der Waals surface area (Å²) < 4.78 is 28.8. The number of sulfone groups is 1. The Labute approximate surface area is 105 Å². The van der Waals surface area contributed by atoms with E-state index >= 15 is 0 Å². The standard InChI is InChI=1S/C13H24O3S/c1-12(2)10-16-8-7-13-6-4-3-5-9-17(14,15)11-13/h10,13H,3-9,11H2,1-2H3. The Balaban J connectivity index is 2.37. The highest BCUT2D eigenvalue weighted by molar-refractivity contribution is 7.91. The van der Waals surface area contributed by atoms with E-state index in [0.717, 1.165) is 37.7 Å². The van der Waals surface area contributed by atoms with Gasteiger partial charge in [0.1, 0.15) is 0 Å². The molecule has 0 aromatic carbocycles. The summed E-state index contributed by atoms with van der Waals surface area (Å²) in [6, 6.07) is 0. The Morgan fingerprint density at radius 2 is 2.06 bits per heavy atom. The Morgan fingerprint density at radius 3 is 2.76 bits per heavy atom. The molecule has 17 heavy (non-hydrogen) atoms. The van der Waals surface area contributed by atoms with Gasteiger partial charge in [0, 0.05) is 0 Å². The van der Waals surface area contributed by atoms with Crippen molar-refractivity contribution in [1.29, 1.82) is 0 Å². The molecule has 0 N–H and O–H groups in total. The number of hydrogen-bond acceptors (Lipinski definition) is 3. The van der Waals surface area contributed by atoms with Crippen molar-refractivity contribution < 1.29 is 13.2 Å². The van der Waals surface area contributed by atoms with Crippen molar-refractivity contribution in [3.63, 3.8) is 0 Å². The highest BCUT2D eigenvalue weighted by Gasteiger charge is 2.21. The summed E-state index contributed by atoms with van der Waals surface area (Å²) in [5.74, 6) is 1.01. The summed E-state index contributed by atoms with van der Waals surface area (Å²) in [4.78, 5) is 0. The van der Waals surface area contributed by atoms with Gasteiger partial charge in [0.05, 0.1) is 24.4 Å². The van der Waals surface area contributed by atoms with Crippen LogP contribution in [-0.4, -0.2) is 26.5 Å². The average molecular weight is 260 g/mol. The van der Waals surface area contributed by atoms with Crippen LogP contribution < -0.4 is 0 Å². The topological polar surface area (TPSA) is 43.4 Å². The smallest absolute Gasteiger partial charge is 0.150 e. The largest absolute Gasteiger partial charge is 0.501 e. The molecule has 3 nitrogen and oxygen atoms in total. The van der Waals surface area contributed by atoms with Gasteiger partial charge < -0.3 is 4.74 Å². The van der Waals surface area contributed by atoms with Crippen molar-refractivity contribution in [3.8, 4) is 0 Å². The van der Waals surface area contributed by atoms with Crippen molar-refractivity contribution >= 4 is 9.84 Å². The van der Waals surface area contributed by atoms with Crippen molar-refractivity contribution in [1.82, 2.24) is 0 Å². The number of hydrogen-bond donors (Lipinski definition) is 0. The Kier molecular flexibility index (Phi) is 6.03. The van der Waals surface area contributed by atoms with E-state index in [2.05, 4.69) is 0 Å². The summed E-state index contributed by atoms with van der Waals surface area (Å²) >= 11 is 0. The van der Waals surface area contributed by atoms with Crippen LogP contribution in [0.15, 0.2) is 11.8 Å². The lowest BCUT2D eigenvalue weighted by Crippen LogP contribution is -2.22. The van der Waals surface area contributed by atoms with Gasteiger partial charge in [0.15, 0.2) is 9.84 Å². The van der Waals surface area contributed by atoms with Gasteiger partial charge in [0.25, 0.3) is 0 Å². The SMILES string of the molecule is CC(C)=COCCC1CCCCCS(=O)(=O)C1. The first-order valence-corrected chi connectivity index (χ1v) is 8.27. The first-order chi connectivity index (χ1) is 7.99. The summed E-state index contributed by atoms with van der Waals surface area (Å²) in [7, 11) is -2.82. The molecule has 100 valence electrons. The predicted octanol–water partition coefficient (Wildman–Crippen LogP) is 2.92. The van der Waals surface area contributed by atoms with Crippen LogP contribution in [0.25, 0.3) is 0 Å².